The maximum absolute atomic E-state index is 3.46. The van der Waals surface area contributed by atoms with Crippen LogP contribution in [0, 0.1) is 0 Å². The molecule has 0 bridgehead atoms. The molecule has 1 aromatic carbocycles. The summed E-state index contributed by atoms with van der Waals surface area (Å²) in [6.45, 7) is 3.46. The fraction of sp³-hybridized carbons (Fsp3) is 0.571. The molecule has 1 aromatic rings. The zero-order valence-corrected chi connectivity index (χ0v) is 10.5. The van der Waals surface area contributed by atoms with Crippen molar-refractivity contribution in [3.63, 3.8) is 0 Å². The van der Waals surface area contributed by atoms with Gasteiger partial charge in [0.1, 0.15) is 0 Å². The Hall–Kier alpha value is -1.22. The second kappa shape index (κ2) is 4.57. The monoisotopic (exact) mass is 231 g/mol. The minimum atomic E-state index is 0.709. The zero-order chi connectivity index (χ0) is 11.7. The number of nitrogens with zero attached hydrogens (tertiary/aromatic N) is 1. The topological polar surface area (TPSA) is 27.3 Å². The molecule has 0 unspecified atom stereocenters. The van der Waals surface area contributed by atoms with Gasteiger partial charge in [0.2, 0.25) is 0 Å². The number of hydrogen-bond donors (Lipinski definition) is 2. The Kier molecular flexibility index (Phi) is 2.93. The van der Waals surface area contributed by atoms with Crippen LogP contribution >= 0.6 is 0 Å². The van der Waals surface area contributed by atoms with Crippen LogP contribution < -0.4 is 15.5 Å². The molecule has 0 radical (unpaired) electrons. The Labute approximate surface area is 103 Å². The summed E-state index contributed by atoms with van der Waals surface area (Å²) in [7, 11) is 2.07. The molecule has 92 valence electrons. The molecule has 2 heterocycles. The van der Waals surface area contributed by atoms with Gasteiger partial charge in [-0.25, -0.2) is 0 Å². The van der Waals surface area contributed by atoms with Crippen LogP contribution in [0.1, 0.15) is 18.4 Å². The Morgan fingerprint density at radius 1 is 1.29 bits per heavy atom. The maximum Gasteiger partial charge on any atom is 0.0420 e. The van der Waals surface area contributed by atoms with Crippen LogP contribution in [-0.2, 0) is 6.42 Å². The molecule has 17 heavy (non-hydrogen) atoms. The smallest absolute Gasteiger partial charge is 0.0420 e. The molecule has 1 fully saturated rings. The summed E-state index contributed by atoms with van der Waals surface area (Å²) < 4.78 is 0. The third kappa shape index (κ3) is 2.00. The molecule has 2 aliphatic heterocycles. The lowest BCUT2D eigenvalue weighted by Gasteiger charge is -2.34. The number of anilines is 2. The molecule has 0 spiro atoms. The van der Waals surface area contributed by atoms with E-state index in [1.165, 1.54) is 49.3 Å². The van der Waals surface area contributed by atoms with Crippen molar-refractivity contribution in [2.24, 2.45) is 0 Å². The van der Waals surface area contributed by atoms with Gasteiger partial charge in [-0.15, -0.1) is 0 Å². The number of piperidine rings is 1. The van der Waals surface area contributed by atoms with E-state index in [0.717, 1.165) is 6.54 Å². The van der Waals surface area contributed by atoms with Gasteiger partial charge in [0, 0.05) is 42.6 Å². The molecule has 3 rings (SSSR count). The highest BCUT2D eigenvalue weighted by Crippen LogP contribution is 2.33. The van der Waals surface area contributed by atoms with Crippen LogP contribution in [0.25, 0.3) is 0 Å². The second-order valence-corrected chi connectivity index (χ2v) is 5.03. The lowest BCUT2D eigenvalue weighted by atomic mass is 10.0. The van der Waals surface area contributed by atoms with E-state index in [1.807, 2.05) is 0 Å². The van der Waals surface area contributed by atoms with E-state index in [-0.39, 0.29) is 0 Å². The number of benzene rings is 1. The fourth-order valence-corrected chi connectivity index (χ4v) is 3.03. The minimum Gasteiger partial charge on any atom is -0.384 e. The predicted molar refractivity (Wildman–Crippen MR) is 72.9 cm³/mol. The first-order valence-electron chi connectivity index (χ1n) is 6.66. The maximum atomic E-state index is 3.46. The van der Waals surface area contributed by atoms with Crippen molar-refractivity contribution in [3.8, 4) is 0 Å². The highest BCUT2D eigenvalue weighted by molar-refractivity contribution is 5.69. The Morgan fingerprint density at radius 3 is 2.88 bits per heavy atom. The molecule has 2 aliphatic rings. The van der Waals surface area contributed by atoms with Gasteiger partial charge >= 0.3 is 0 Å². The average molecular weight is 231 g/mol. The summed E-state index contributed by atoms with van der Waals surface area (Å²) in [5.41, 5.74) is 4.33. The zero-order valence-electron chi connectivity index (χ0n) is 10.5. The molecular weight excluding hydrogens is 210 g/mol. The van der Waals surface area contributed by atoms with Crippen LogP contribution in [0.3, 0.4) is 0 Å². The van der Waals surface area contributed by atoms with Crippen molar-refractivity contribution in [2.75, 3.05) is 36.9 Å². The molecule has 0 atom stereocenters. The highest BCUT2D eigenvalue weighted by atomic mass is 15.2. The molecular formula is C14H21N3. The summed E-state index contributed by atoms with van der Waals surface area (Å²) in [5.74, 6) is 0. The van der Waals surface area contributed by atoms with E-state index in [2.05, 4.69) is 40.8 Å². The van der Waals surface area contributed by atoms with E-state index in [0.29, 0.717) is 6.04 Å². The van der Waals surface area contributed by atoms with Gasteiger partial charge < -0.3 is 15.5 Å². The van der Waals surface area contributed by atoms with E-state index < -0.39 is 0 Å². The number of nitrogens with one attached hydrogen (secondary N) is 2. The highest BCUT2D eigenvalue weighted by Gasteiger charge is 2.22. The fourth-order valence-electron chi connectivity index (χ4n) is 3.03. The van der Waals surface area contributed by atoms with Crippen LogP contribution in [0.4, 0.5) is 11.4 Å². The van der Waals surface area contributed by atoms with Gasteiger partial charge in [-0.3, -0.25) is 0 Å². The third-order valence-electron chi connectivity index (χ3n) is 4.09. The summed E-state index contributed by atoms with van der Waals surface area (Å²) in [6.07, 6.45) is 3.69. The molecule has 3 heteroatoms. The lowest BCUT2D eigenvalue weighted by Crippen LogP contribution is -2.41. The van der Waals surface area contributed by atoms with Crippen LogP contribution in [0.15, 0.2) is 18.2 Å². The van der Waals surface area contributed by atoms with Crippen LogP contribution in [0.5, 0.6) is 0 Å². The summed E-state index contributed by atoms with van der Waals surface area (Å²) in [4.78, 5) is 2.56. The van der Waals surface area contributed by atoms with Crippen molar-refractivity contribution in [1.82, 2.24) is 5.32 Å². The van der Waals surface area contributed by atoms with Crippen molar-refractivity contribution in [3.05, 3.63) is 23.8 Å². The Bertz CT molecular complexity index is 394. The lowest BCUT2D eigenvalue weighted by molar-refractivity contribution is 0.442. The Balaban J connectivity index is 1.79. The van der Waals surface area contributed by atoms with Crippen molar-refractivity contribution in [2.45, 2.75) is 25.3 Å². The number of hydrogen-bond acceptors (Lipinski definition) is 3. The van der Waals surface area contributed by atoms with Gasteiger partial charge in [-0.1, -0.05) is 6.07 Å². The molecule has 2 N–H and O–H groups in total. The largest absolute Gasteiger partial charge is 0.384 e. The van der Waals surface area contributed by atoms with Crippen molar-refractivity contribution >= 4 is 11.4 Å². The molecule has 1 saturated heterocycles. The van der Waals surface area contributed by atoms with Crippen LogP contribution in [-0.4, -0.2) is 32.7 Å². The van der Waals surface area contributed by atoms with Crippen molar-refractivity contribution < 1.29 is 0 Å². The number of rotatable bonds is 2. The van der Waals surface area contributed by atoms with E-state index >= 15 is 0 Å². The van der Waals surface area contributed by atoms with Gasteiger partial charge in [-0.2, -0.15) is 0 Å². The normalized spacial score (nSPS) is 20.2. The van der Waals surface area contributed by atoms with Crippen LogP contribution in [0.2, 0.25) is 0 Å². The van der Waals surface area contributed by atoms with Gasteiger partial charge in [0.15, 0.2) is 0 Å². The molecule has 0 saturated carbocycles. The van der Waals surface area contributed by atoms with E-state index in [1.54, 1.807) is 0 Å². The quantitative estimate of drug-likeness (QED) is 0.813. The average Bonchev–Trinajstić information content (AvgIpc) is 2.87. The van der Waals surface area contributed by atoms with Gasteiger partial charge in [-0.05, 0) is 38.4 Å². The van der Waals surface area contributed by atoms with Crippen molar-refractivity contribution in [1.29, 1.82) is 0 Å². The third-order valence-corrected chi connectivity index (χ3v) is 4.09. The SMILES string of the molecule is CNC1CCN(c2cccc3c2CCN3)CC1. The first kappa shape index (κ1) is 10.9. The summed E-state index contributed by atoms with van der Waals surface area (Å²) in [5, 5.41) is 6.85. The van der Waals surface area contributed by atoms with E-state index in [4.69, 9.17) is 0 Å². The van der Waals surface area contributed by atoms with E-state index in [9.17, 15) is 0 Å². The molecule has 0 aliphatic carbocycles. The first-order valence-corrected chi connectivity index (χ1v) is 6.66. The standard InChI is InChI=1S/C14H21N3/c1-15-11-6-9-17(10-7-11)14-4-2-3-13-12(14)5-8-16-13/h2-4,11,15-16H,5-10H2,1H3. The predicted octanol–water partition coefficient (Wildman–Crippen LogP) is 1.84. The molecule has 0 amide bonds. The van der Waals surface area contributed by atoms with Gasteiger partial charge in [0.05, 0.1) is 0 Å². The molecule has 3 nitrogen and oxygen atoms in total. The minimum absolute atomic E-state index is 0.709. The number of fused-ring (bicyclic) bond motifs is 1. The summed E-state index contributed by atoms with van der Waals surface area (Å²) in [6, 6.07) is 7.37. The summed E-state index contributed by atoms with van der Waals surface area (Å²) >= 11 is 0. The Morgan fingerprint density at radius 2 is 2.12 bits per heavy atom. The second-order valence-electron chi connectivity index (χ2n) is 5.03. The molecule has 0 aromatic heterocycles. The van der Waals surface area contributed by atoms with Gasteiger partial charge in [0.25, 0.3) is 0 Å². The first-order chi connectivity index (χ1) is 8.38.